The number of nitrogens with zero attached hydrogens (tertiary/aromatic N) is 3. The number of furan rings is 1. The Balaban J connectivity index is 1.55. The van der Waals surface area contributed by atoms with Crippen LogP contribution in [0.3, 0.4) is 0 Å². The van der Waals surface area contributed by atoms with Crippen molar-refractivity contribution >= 4 is 33.7 Å². The standard InChI is InChI=1S/C30H28N4O5/c1-5-27(35)34-10-8-18(9-11-34)22-13-23-24(14-25(22)37-4)33-16-19(15-31)29(23)39-20-6-7-21-26(12-20)38-17(2)28(21)30(36)32-3/h5-7,12-14,16,18H,1,8-11H2,2-4H3,(H,32,36). The molecule has 1 aliphatic rings. The molecule has 0 aliphatic carbocycles. The molecule has 0 bridgehead atoms. The first kappa shape index (κ1) is 25.8. The number of fused-ring (bicyclic) bond motifs is 2. The summed E-state index contributed by atoms with van der Waals surface area (Å²) in [5.74, 6) is 1.90. The van der Waals surface area contributed by atoms with E-state index in [2.05, 4.69) is 22.9 Å². The highest BCUT2D eigenvalue weighted by Crippen LogP contribution is 2.41. The summed E-state index contributed by atoms with van der Waals surface area (Å²) in [7, 11) is 3.19. The first-order valence-corrected chi connectivity index (χ1v) is 12.6. The van der Waals surface area contributed by atoms with Gasteiger partial charge in [0.2, 0.25) is 5.91 Å². The number of rotatable bonds is 6. The number of carbonyl (C=O) groups excluding carboxylic acids is 2. The van der Waals surface area contributed by atoms with E-state index in [9.17, 15) is 14.9 Å². The lowest BCUT2D eigenvalue weighted by molar-refractivity contribution is -0.127. The van der Waals surface area contributed by atoms with Crippen LogP contribution >= 0.6 is 0 Å². The average Bonchev–Trinajstić information content (AvgIpc) is 3.30. The van der Waals surface area contributed by atoms with Crippen LogP contribution in [0.4, 0.5) is 0 Å². The van der Waals surface area contributed by atoms with E-state index in [0.717, 1.165) is 18.4 Å². The zero-order valence-corrected chi connectivity index (χ0v) is 22.0. The minimum atomic E-state index is -0.229. The first-order valence-electron chi connectivity index (χ1n) is 12.6. The summed E-state index contributed by atoms with van der Waals surface area (Å²) in [6.07, 6.45) is 4.36. The predicted molar refractivity (Wildman–Crippen MR) is 146 cm³/mol. The molecular weight excluding hydrogens is 496 g/mol. The molecule has 5 rings (SSSR count). The van der Waals surface area contributed by atoms with Crippen molar-refractivity contribution in [3.63, 3.8) is 0 Å². The molecule has 3 heterocycles. The predicted octanol–water partition coefficient (Wildman–Crippen LogP) is 5.21. The van der Waals surface area contributed by atoms with Crippen molar-refractivity contribution < 1.29 is 23.5 Å². The van der Waals surface area contributed by atoms with Crippen molar-refractivity contribution in [2.75, 3.05) is 27.2 Å². The molecule has 198 valence electrons. The summed E-state index contributed by atoms with van der Waals surface area (Å²) < 4.78 is 17.9. The highest BCUT2D eigenvalue weighted by molar-refractivity contribution is 6.07. The number of nitrogens with one attached hydrogen (secondary N) is 1. The molecule has 1 fully saturated rings. The number of aryl methyl sites for hydroxylation is 1. The number of likely N-dealkylation sites (tertiary alicyclic amines) is 1. The van der Waals surface area contributed by atoms with E-state index in [1.54, 1.807) is 44.2 Å². The molecular formula is C30H28N4O5. The molecule has 9 nitrogen and oxygen atoms in total. The Morgan fingerprint density at radius 3 is 2.67 bits per heavy atom. The second-order valence-corrected chi connectivity index (χ2v) is 9.40. The number of ether oxygens (including phenoxy) is 2. The molecule has 0 radical (unpaired) electrons. The van der Waals surface area contributed by atoms with Crippen LogP contribution in [0.2, 0.25) is 0 Å². The molecule has 1 saturated heterocycles. The van der Waals surface area contributed by atoms with Gasteiger partial charge in [0.15, 0.2) is 5.75 Å². The molecule has 1 N–H and O–H groups in total. The fourth-order valence-electron chi connectivity index (χ4n) is 5.23. The minimum absolute atomic E-state index is 0.0661. The summed E-state index contributed by atoms with van der Waals surface area (Å²) in [5, 5.41) is 13.9. The van der Waals surface area contributed by atoms with E-state index < -0.39 is 0 Å². The van der Waals surface area contributed by atoms with Crippen LogP contribution in [0.5, 0.6) is 17.2 Å². The molecule has 0 unspecified atom stereocenters. The highest BCUT2D eigenvalue weighted by Gasteiger charge is 2.26. The van der Waals surface area contributed by atoms with Crippen molar-refractivity contribution in [3.05, 3.63) is 71.6 Å². The molecule has 39 heavy (non-hydrogen) atoms. The number of benzene rings is 2. The fourth-order valence-corrected chi connectivity index (χ4v) is 5.23. The van der Waals surface area contributed by atoms with Gasteiger partial charge in [-0.3, -0.25) is 14.6 Å². The van der Waals surface area contributed by atoms with Crippen LogP contribution in [0.1, 0.15) is 46.0 Å². The Morgan fingerprint density at radius 2 is 2.00 bits per heavy atom. The van der Waals surface area contributed by atoms with E-state index in [1.807, 2.05) is 12.1 Å². The van der Waals surface area contributed by atoms with E-state index >= 15 is 0 Å². The molecule has 9 heteroatoms. The largest absolute Gasteiger partial charge is 0.496 e. The number of hydrogen-bond acceptors (Lipinski definition) is 7. The summed E-state index contributed by atoms with van der Waals surface area (Å²) in [6, 6.07) is 11.2. The third-order valence-electron chi connectivity index (χ3n) is 7.22. The van der Waals surface area contributed by atoms with Gasteiger partial charge in [0.1, 0.15) is 34.5 Å². The molecule has 2 amide bonds. The molecule has 1 aliphatic heterocycles. The minimum Gasteiger partial charge on any atom is -0.496 e. The lowest BCUT2D eigenvalue weighted by Gasteiger charge is -2.32. The van der Waals surface area contributed by atoms with Crippen LogP contribution in [-0.2, 0) is 4.79 Å². The quantitative estimate of drug-likeness (QED) is 0.344. The molecule has 0 atom stereocenters. The van der Waals surface area contributed by atoms with Gasteiger partial charge in [-0.05, 0) is 55.5 Å². The van der Waals surface area contributed by atoms with E-state index in [-0.39, 0.29) is 23.3 Å². The van der Waals surface area contributed by atoms with Gasteiger partial charge in [-0.1, -0.05) is 6.58 Å². The Bertz CT molecular complexity index is 1660. The zero-order valence-electron chi connectivity index (χ0n) is 22.0. The third-order valence-corrected chi connectivity index (χ3v) is 7.22. The number of piperidine rings is 1. The van der Waals surface area contributed by atoms with Gasteiger partial charge in [0.05, 0.1) is 18.2 Å². The van der Waals surface area contributed by atoms with Crippen LogP contribution in [0.15, 0.2) is 53.6 Å². The average molecular weight is 525 g/mol. The Morgan fingerprint density at radius 1 is 1.23 bits per heavy atom. The van der Waals surface area contributed by atoms with Gasteiger partial charge < -0.3 is 24.1 Å². The molecule has 4 aromatic rings. The van der Waals surface area contributed by atoms with Gasteiger partial charge in [0, 0.05) is 49.2 Å². The van der Waals surface area contributed by atoms with Gasteiger partial charge in [-0.25, -0.2) is 0 Å². The van der Waals surface area contributed by atoms with Crippen molar-refractivity contribution in [2.45, 2.75) is 25.7 Å². The van der Waals surface area contributed by atoms with Crippen LogP contribution in [0, 0.1) is 18.3 Å². The van der Waals surface area contributed by atoms with Gasteiger partial charge in [-0.2, -0.15) is 5.26 Å². The summed E-state index contributed by atoms with van der Waals surface area (Å²) in [6.45, 7) is 6.57. The summed E-state index contributed by atoms with van der Waals surface area (Å²) in [4.78, 5) is 30.6. The van der Waals surface area contributed by atoms with Crippen molar-refractivity contribution in [1.29, 1.82) is 5.26 Å². The van der Waals surface area contributed by atoms with E-state index in [4.69, 9.17) is 13.9 Å². The molecule has 2 aromatic carbocycles. The highest BCUT2D eigenvalue weighted by atomic mass is 16.5. The lowest BCUT2D eigenvalue weighted by atomic mass is 9.87. The second-order valence-electron chi connectivity index (χ2n) is 9.40. The maximum atomic E-state index is 12.3. The van der Waals surface area contributed by atoms with Crippen LogP contribution in [0.25, 0.3) is 21.9 Å². The monoisotopic (exact) mass is 524 g/mol. The molecule has 0 spiro atoms. The number of nitriles is 1. The molecule has 2 aromatic heterocycles. The number of methoxy groups -OCH3 is 1. The Kier molecular flexibility index (Phi) is 6.94. The van der Waals surface area contributed by atoms with Crippen molar-refractivity contribution in [1.82, 2.24) is 15.2 Å². The number of amides is 2. The van der Waals surface area contributed by atoms with Crippen LogP contribution < -0.4 is 14.8 Å². The maximum Gasteiger partial charge on any atom is 0.255 e. The smallest absolute Gasteiger partial charge is 0.255 e. The normalized spacial score (nSPS) is 13.7. The SMILES string of the molecule is C=CC(=O)N1CCC(c2cc3c(Oc4ccc5c(C(=O)NC)c(C)oc5c4)c(C#N)cnc3cc2OC)CC1. The van der Waals surface area contributed by atoms with Crippen LogP contribution in [-0.4, -0.2) is 48.9 Å². The topological polar surface area (TPSA) is 118 Å². The Labute approximate surface area is 225 Å². The van der Waals surface area contributed by atoms with E-state index in [0.29, 0.717) is 63.5 Å². The maximum absolute atomic E-state index is 12.3. The van der Waals surface area contributed by atoms with Gasteiger partial charge >= 0.3 is 0 Å². The number of carbonyl (C=O) groups is 2. The van der Waals surface area contributed by atoms with Gasteiger partial charge in [-0.15, -0.1) is 0 Å². The molecule has 0 saturated carbocycles. The first-order chi connectivity index (χ1) is 18.9. The summed E-state index contributed by atoms with van der Waals surface area (Å²) >= 11 is 0. The zero-order chi connectivity index (χ0) is 27.7. The number of hydrogen-bond donors (Lipinski definition) is 1. The van der Waals surface area contributed by atoms with Gasteiger partial charge in [0.25, 0.3) is 5.91 Å². The Hall–Kier alpha value is -4.84. The second kappa shape index (κ2) is 10.5. The number of pyridine rings is 1. The number of aromatic nitrogens is 1. The van der Waals surface area contributed by atoms with Crippen molar-refractivity contribution in [3.8, 4) is 23.3 Å². The lowest BCUT2D eigenvalue weighted by Crippen LogP contribution is -2.36. The third kappa shape index (κ3) is 4.66. The summed E-state index contributed by atoms with van der Waals surface area (Å²) in [5.41, 5.74) is 2.87. The van der Waals surface area contributed by atoms with Crippen molar-refractivity contribution in [2.24, 2.45) is 0 Å². The van der Waals surface area contributed by atoms with E-state index in [1.165, 1.54) is 12.3 Å². The fraction of sp³-hybridized carbons (Fsp3) is 0.267.